The van der Waals surface area contributed by atoms with E-state index in [-0.39, 0.29) is 13.0 Å². The van der Waals surface area contributed by atoms with Crippen LogP contribution in [0.4, 0.5) is 10.5 Å². The minimum Gasteiger partial charge on any atom is -0.449 e. The maximum atomic E-state index is 13.1. The summed E-state index contributed by atoms with van der Waals surface area (Å²) in [6.07, 6.45) is 2.03. The second-order valence-corrected chi connectivity index (χ2v) is 12.7. The first-order chi connectivity index (χ1) is 17.6. The van der Waals surface area contributed by atoms with Gasteiger partial charge in [0.25, 0.3) is 0 Å². The molecule has 0 fully saturated rings. The highest BCUT2D eigenvalue weighted by molar-refractivity contribution is 7.70. The van der Waals surface area contributed by atoms with Gasteiger partial charge in [0.05, 0.1) is 18.0 Å². The van der Waals surface area contributed by atoms with Crippen molar-refractivity contribution in [3.8, 4) is 0 Å². The van der Waals surface area contributed by atoms with E-state index in [0.29, 0.717) is 34.9 Å². The molecule has 1 aromatic carbocycles. The number of carbonyl (C=O) groups excluding carboxylic acids is 2. The second-order valence-electron chi connectivity index (χ2n) is 8.49. The Bertz CT molecular complexity index is 1080. The zero-order chi connectivity index (χ0) is 29.1. The predicted octanol–water partition coefficient (Wildman–Crippen LogP) is 3.35. The summed E-state index contributed by atoms with van der Waals surface area (Å²) < 4.78 is 28.0. The number of rotatable bonds is 15. The van der Waals surface area contributed by atoms with E-state index >= 15 is 0 Å². The molecule has 0 aliphatic carbocycles. The molecule has 0 unspecified atom stereocenters. The molecular formula is C22H35ClN4O9P2. The molecular weight excluding hydrogens is 562 g/mol. The van der Waals surface area contributed by atoms with Crippen molar-refractivity contribution in [2.75, 3.05) is 33.8 Å². The first kappa shape index (κ1) is 33.9. The largest absolute Gasteiger partial charge is 0.449 e. The summed E-state index contributed by atoms with van der Waals surface area (Å²) in [5.74, 6) is -1.02. The number of amides is 2. The number of carbonyl (C=O) groups is 2. The molecule has 0 saturated heterocycles. The summed E-state index contributed by atoms with van der Waals surface area (Å²) in [7, 11) is -6.74. The number of hydrogen-bond acceptors (Lipinski definition) is 7. The Balaban J connectivity index is 2.92. The maximum absolute atomic E-state index is 13.1. The average Bonchev–Trinajstić information content (AvgIpc) is 2.80. The maximum Gasteiger partial charge on any atom is 0.414 e. The molecule has 0 radical (unpaired) electrons. The SMILES string of the molecule is C=Nc1cc(Cl)ccc1/C(=C\C)N(CCCCN(C)C)C(=O)OCCCC(=O)NC(P(=O)(O)O)P(=O)(O)O. The van der Waals surface area contributed by atoms with Crippen LogP contribution in [0.5, 0.6) is 0 Å². The summed E-state index contributed by atoms with van der Waals surface area (Å²) in [6.45, 7) is 6.21. The van der Waals surface area contributed by atoms with Crippen LogP contribution in [0.3, 0.4) is 0 Å². The van der Waals surface area contributed by atoms with E-state index in [2.05, 4.69) is 11.7 Å². The lowest BCUT2D eigenvalue weighted by Crippen LogP contribution is -2.35. The van der Waals surface area contributed by atoms with Crippen LogP contribution in [0, 0.1) is 0 Å². The van der Waals surface area contributed by atoms with Gasteiger partial charge < -0.3 is 34.5 Å². The zero-order valence-electron chi connectivity index (χ0n) is 21.5. The van der Waals surface area contributed by atoms with Gasteiger partial charge in [-0.3, -0.25) is 23.8 Å². The molecule has 0 aliphatic heterocycles. The fourth-order valence-corrected chi connectivity index (χ4v) is 5.73. The lowest BCUT2D eigenvalue weighted by Gasteiger charge is -2.26. The summed E-state index contributed by atoms with van der Waals surface area (Å²) in [5.41, 5.74) is -1.05. The van der Waals surface area contributed by atoms with Crippen LogP contribution in [-0.2, 0) is 18.7 Å². The Morgan fingerprint density at radius 3 is 2.26 bits per heavy atom. The monoisotopic (exact) mass is 596 g/mol. The van der Waals surface area contributed by atoms with Crippen LogP contribution < -0.4 is 5.32 Å². The number of ether oxygens (including phenoxy) is 1. The van der Waals surface area contributed by atoms with Crippen LogP contribution in [0.15, 0.2) is 29.3 Å². The molecule has 16 heteroatoms. The third-order valence-corrected chi connectivity index (χ3v) is 8.70. The fourth-order valence-electron chi connectivity index (χ4n) is 3.37. The highest BCUT2D eigenvalue weighted by atomic mass is 35.5. The predicted molar refractivity (Wildman–Crippen MR) is 145 cm³/mol. The number of halogens is 1. The molecule has 0 bridgehead atoms. The molecule has 0 aliphatic rings. The van der Waals surface area contributed by atoms with Gasteiger partial charge in [0.1, 0.15) is 0 Å². The summed E-state index contributed by atoms with van der Waals surface area (Å²) in [6, 6.07) is 4.99. The number of aliphatic imine (C=N–C) groups is 1. The van der Waals surface area contributed by atoms with E-state index in [0.717, 1.165) is 13.0 Å². The van der Waals surface area contributed by atoms with Gasteiger partial charge in [0.15, 0.2) is 0 Å². The first-order valence-corrected chi connectivity index (χ1v) is 15.3. The molecule has 5 N–H and O–H groups in total. The highest BCUT2D eigenvalue weighted by Crippen LogP contribution is 2.58. The molecule has 1 rings (SSSR count). The summed E-state index contributed by atoms with van der Waals surface area (Å²) >= 11 is 6.07. The third-order valence-electron chi connectivity index (χ3n) is 5.13. The Kier molecular flexibility index (Phi) is 13.8. The highest BCUT2D eigenvalue weighted by Gasteiger charge is 2.44. The van der Waals surface area contributed by atoms with Crippen LogP contribution in [0.1, 0.15) is 38.2 Å². The molecule has 0 saturated carbocycles. The van der Waals surface area contributed by atoms with Crippen molar-refractivity contribution in [1.29, 1.82) is 0 Å². The lowest BCUT2D eigenvalue weighted by molar-refractivity contribution is -0.121. The molecule has 0 spiro atoms. The second kappa shape index (κ2) is 15.5. The Hall–Kier alpha value is -2.08. The molecule has 1 aromatic rings. The van der Waals surface area contributed by atoms with Crippen molar-refractivity contribution in [2.24, 2.45) is 4.99 Å². The van der Waals surface area contributed by atoms with Crippen LogP contribution in [0.2, 0.25) is 5.02 Å². The molecule has 0 aromatic heterocycles. The van der Waals surface area contributed by atoms with E-state index in [1.807, 2.05) is 19.0 Å². The normalized spacial score (nSPS) is 12.5. The minimum atomic E-state index is -5.31. The van der Waals surface area contributed by atoms with Gasteiger partial charge in [0, 0.05) is 23.6 Å². The van der Waals surface area contributed by atoms with Crippen molar-refractivity contribution >= 4 is 56.9 Å². The molecule has 13 nitrogen and oxygen atoms in total. The Morgan fingerprint density at radius 2 is 1.74 bits per heavy atom. The van der Waals surface area contributed by atoms with Gasteiger partial charge in [0.2, 0.25) is 11.4 Å². The smallest absolute Gasteiger partial charge is 0.414 e. The molecule has 38 heavy (non-hydrogen) atoms. The number of allylic oxidation sites excluding steroid dienone is 1. The quantitative estimate of drug-likeness (QED) is 0.114. The third kappa shape index (κ3) is 11.3. The van der Waals surface area contributed by atoms with Gasteiger partial charge in [-0.2, -0.15) is 0 Å². The Labute approximate surface area is 226 Å². The van der Waals surface area contributed by atoms with Crippen LogP contribution in [0.25, 0.3) is 5.70 Å². The van der Waals surface area contributed by atoms with Crippen molar-refractivity contribution in [2.45, 2.75) is 38.1 Å². The molecule has 0 heterocycles. The van der Waals surface area contributed by atoms with E-state index < -0.39 is 39.1 Å². The minimum absolute atomic E-state index is 0.0628. The van der Waals surface area contributed by atoms with Gasteiger partial charge >= 0.3 is 21.3 Å². The summed E-state index contributed by atoms with van der Waals surface area (Å²) in [4.78, 5) is 69.0. The van der Waals surface area contributed by atoms with Gasteiger partial charge in [-0.1, -0.05) is 17.7 Å². The number of unbranched alkanes of at least 4 members (excludes halogenated alkanes) is 1. The van der Waals surface area contributed by atoms with E-state index in [1.54, 1.807) is 36.5 Å². The van der Waals surface area contributed by atoms with Crippen molar-refractivity contribution in [3.63, 3.8) is 0 Å². The van der Waals surface area contributed by atoms with Gasteiger partial charge in [-0.05, 0) is 71.7 Å². The van der Waals surface area contributed by atoms with E-state index in [9.17, 15) is 18.7 Å². The number of hydrogen-bond donors (Lipinski definition) is 5. The van der Waals surface area contributed by atoms with E-state index in [1.165, 1.54) is 4.90 Å². The van der Waals surface area contributed by atoms with Gasteiger partial charge in [-0.15, -0.1) is 0 Å². The topological polar surface area (TPSA) is 189 Å². The van der Waals surface area contributed by atoms with Crippen LogP contribution >= 0.6 is 26.8 Å². The Morgan fingerprint density at radius 1 is 1.13 bits per heavy atom. The number of nitrogens with one attached hydrogen (secondary N) is 1. The summed E-state index contributed by atoms with van der Waals surface area (Å²) in [5, 5.41) is 2.11. The standard InChI is InChI=1S/C22H35ClN4O9P2/c1-5-19(17-11-10-16(23)15-18(17)24-2)27(13-7-6-12-26(3)4)22(29)36-14-8-9-20(28)25-21(37(30,31)32)38(33,34)35/h5,10-11,15,21H,2,6-9,12-14H2,1,3-4H3,(H,25,28)(H2,30,31,32)(H2,33,34,35)/b19-5+. The zero-order valence-corrected chi connectivity index (χ0v) is 24.0. The van der Waals surface area contributed by atoms with Crippen molar-refractivity contribution < 1.29 is 43.0 Å². The van der Waals surface area contributed by atoms with Crippen LogP contribution in [-0.4, -0.2) is 87.4 Å². The average molecular weight is 597 g/mol. The lowest BCUT2D eigenvalue weighted by atomic mass is 10.1. The molecule has 214 valence electrons. The fraction of sp³-hybridized carbons (Fsp3) is 0.500. The van der Waals surface area contributed by atoms with Crippen molar-refractivity contribution in [1.82, 2.24) is 15.1 Å². The number of nitrogens with zero attached hydrogens (tertiary/aromatic N) is 3. The van der Waals surface area contributed by atoms with Crippen molar-refractivity contribution in [3.05, 3.63) is 34.9 Å². The molecule has 0 atom stereocenters. The van der Waals surface area contributed by atoms with E-state index in [4.69, 9.17) is 35.9 Å². The number of benzene rings is 1. The molecule has 2 amide bonds. The first-order valence-electron chi connectivity index (χ1n) is 11.5. The van der Waals surface area contributed by atoms with Gasteiger partial charge in [-0.25, -0.2) is 4.79 Å².